The molecule has 106 valence electrons. The summed E-state index contributed by atoms with van der Waals surface area (Å²) in [5.74, 6) is -2.26. The number of nitrogens with zero attached hydrogens (tertiary/aromatic N) is 1. The molecule has 0 saturated heterocycles. The Balaban J connectivity index is 1.98. The van der Waals surface area contributed by atoms with E-state index in [1.165, 1.54) is 17.0 Å². The number of Topliss-reactive ketones (excluding diaryl/α,β-unsaturated/α-hetero) is 1. The van der Waals surface area contributed by atoms with Gasteiger partial charge in [-0.3, -0.25) is 14.5 Å². The fourth-order valence-electron chi connectivity index (χ4n) is 2.42. The van der Waals surface area contributed by atoms with Crippen molar-refractivity contribution in [3.63, 3.8) is 0 Å². The second-order valence-corrected chi connectivity index (χ2v) is 4.76. The van der Waals surface area contributed by atoms with Gasteiger partial charge in [0, 0.05) is 0 Å². The van der Waals surface area contributed by atoms with E-state index < -0.39 is 17.7 Å². The fraction of sp³-hybridized carbons (Fsp3) is 0.133. The fourth-order valence-corrected chi connectivity index (χ4v) is 2.42. The van der Waals surface area contributed by atoms with Gasteiger partial charge in [0.05, 0.1) is 17.8 Å². The summed E-state index contributed by atoms with van der Waals surface area (Å²) in [6.45, 7) is 1.83. The maximum absolute atomic E-state index is 12.1. The number of fused-ring (bicyclic) bond motifs is 1. The van der Waals surface area contributed by atoms with E-state index in [2.05, 4.69) is 0 Å². The first-order valence-corrected chi connectivity index (χ1v) is 6.27. The first-order chi connectivity index (χ1) is 9.99. The molecule has 3 rings (SSSR count). The van der Waals surface area contributed by atoms with Crippen LogP contribution < -0.4 is 4.90 Å². The van der Waals surface area contributed by atoms with Crippen molar-refractivity contribution in [3.05, 3.63) is 53.0 Å². The second-order valence-electron chi connectivity index (χ2n) is 4.76. The Bertz CT molecular complexity index is 774. The number of carboxylic acids is 1. The first-order valence-electron chi connectivity index (χ1n) is 6.27. The zero-order valence-corrected chi connectivity index (χ0v) is 11.1. The van der Waals surface area contributed by atoms with Crippen molar-refractivity contribution in [1.82, 2.24) is 0 Å². The third kappa shape index (κ3) is 2.01. The largest absolute Gasteiger partial charge is 0.475 e. The average Bonchev–Trinajstić information content (AvgIpc) is 3.00. The molecule has 2 aromatic rings. The minimum absolute atomic E-state index is 0.0235. The van der Waals surface area contributed by atoms with Gasteiger partial charge in [-0.2, -0.15) is 0 Å². The van der Waals surface area contributed by atoms with E-state index in [1.807, 2.05) is 13.0 Å². The molecule has 0 fully saturated rings. The Hall–Kier alpha value is -2.89. The van der Waals surface area contributed by atoms with E-state index in [-0.39, 0.29) is 12.3 Å². The summed E-state index contributed by atoms with van der Waals surface area (Å²) in [5, 5.41) is 8.83. The zero-order chi connectivity index (χ0) is 15.1. The monoisotopic (exact) mass is 285 g/mol. The lowest BCUT2D eigenvalue weighted by atomic mass is 10.1. The maximum Gasteiger partial charge on any atom is 0.371 e. The first kappa shape index (κ1) is 13.1. The predicted octanol–water partition coefficient (Wildman–Crippen LogP) is 2.02. The molecule has 1 aromatic carbocycles. The van der Waals surface area contributed by atoms with Crippen molar-refractivity contribution in [1.29, 1.82) is 0 Å². The Kier molecular flexibility index (Phi) is 2.86. The minimum Gasteiger partial charge on any atom is -0.475 e. The van der Waals surface area contributed by atoms with Crippen LogP contribution in [0.5, 0.6) is 0 Å². The molecule has 21 heavy (non-hydrogen) atoms. The van der Waals surface area contributed by atoms with Crippen molar-refractivity contribution in [3.8, 4) is 0 Å². The summed E-state index contributed by atoms with van der Waals surface area (Å²) in [6.07, 6.45) is 0. The minimum atomic E-state index is -1.18. The Labute approximate surface area is 119 Å². The topological polar surface area (TPSA) is 87.8 Å². The summed E-state index contributed by atoms with van der Waals surface area (Å²) in [4.78, 5) is 36.1. The van der Waals surface area contributed by atoms with E-state index in [0.29, 0.717) is 17.0 Å². The zero-order valence-electron chi connectivity index (χ0n) is 11.1. The molecule has 1 aromatic heterocycles. The Morgan fingerprint density at radius 3 is 2.67 bits per heavy atom. The van der Waals surface area contributed by atoms with Crippen LogP contribution in [0.3, 0.4) is 0 Å². The van der Waals surface area contributed by atoms with Crippen LogP contribution in [-0.4, -0.2) is 22.8 Å². The van der Waals surface area contributed by atoms with Crippen LogP contribution in [0.1, 0.15) is 32.2 Å². The standard InChI is InChI=1S/C15H11NO5/c1-8-3-2-4-10-12(8)16(14(18)13(10)17)7-9-5-6-11(21-9)15(19)20/h2-6H,7H2,1H3,(H,19,20). The van der Waals surface area contributed by atoms with E-state index in [4.69, 9.17) is 9.52 Å². The molecular weight excluding hydrogens is 274 g/mol. The van der Waals surface area contributed by atoms with Crippen LogP contribution in [0.4, 0.5) is 5.69 Å². The number of hydrogen-bond acceptors (Lipinski definition) is 4. The van der Waals surface area contributed by atoms with Crippen LogP contribution in [0.2, 0.25) is 0 Å². The van der Waals surface area contributed by atoms with Gasteiger partial charge in [0.25, 0.3) is 11.7 Å². The smallest absolute Gasteiger partial charge is 0.371 e. The van der Waals surface area contributed by atoms with Gasteiger partial charge in [-0.1, -0.05) is 12.1 Å². The number of carbonyl (C=O) groups excluding carboxylic acids is 2. The van der Waals surface area contributed by atoms with Gasteiger partial charge in [-0.25, -0.2) is 4.79 Å². The lowest BCUT2D eigenvalue weighted by Gasteiger charge is -2.16. The molecule has 1 aliphatic heterocycles. The lowest BCUT2D eigenvalue weighted by molar-refractivity contribution is -0.114. The van der Waals surface area contributed by atoms with E-state index in [1.54, 1.807) is 12.1 Å². The van der Waals surface area contributed by atoms with Crippen LogP contribution in [0.25, 0.3) is 0 Å². The van der Waals surface area contributed by atoms with Crippen molar-refractivity contribution in [2.45, 2.75) is 13.5 Å². The molecule has 1 N–H and O–H groups in total. The number of carboxylic acid groups (broad SMARTS) is 1. The molecule has 0 atom stereocenters. The van der Waals surface area contributed by atoms with E-state index in [9.17, 15) is 14.4 Å². The number of hydrogen-bond donors (Lipinski definition) is 1. The summed E-state index contributed by atoms with van der Waals surface area (Å²) < 4.78 is 5.14. The molecule has 0 saturated carbocycles. The molecule has 0 unspecified atom stereocenters. The van der Waals surface area contributed by atoms with Gasteiger partial charge < -0.3 is 9.52 Å². The number of furan rings is 1. The van der Waals surface area contributed by atoms with Crippen LogP contribution in [0.15, 0.2) is 34.7 Å². The molecule has 2 heterocycles. The summed E-state index contributed by atoms with van der Waals surface area (Å²) >= 11 is 0. The van der Waals surface area contributed by atoms with Gasteiger partial charge in [-0.15, -0.1) is 0 Å². The molecular formula is C15H11NO5. The highest BCUT2D eigenvalue weighted by molar-refractivity contribution is 6.52. The Morgan fingerprint density at radius 1 is 1.24 bits per heavy atom. The Morgan fingerprint density at radius 2 is 2.00 bits per heavy atom. The van der Waals surface area contributed by atoms with Gasteiger partial charge >= 0.3 is 5.97 Å². The number of aromatic carboxylic acids is 1. The summed E-state index contributed by atoms with van der Waals surface area (Å²) in [5.41, 5.74) is 1.72. The highest BCUT2D eigenvalue weighted by Gasteiger charge is 2.37. The highest BCUT2D eigenvalue weighted by atomic mass is 16.4. The lowest BCUT2D eigenvalue weighted by Crippen LogP contribution is -2.29. The van der Waals surface area contributed by atoms with E-state index in [0.717, 1.165) is 5.56 Å². The van der Waals surface area contributed by atoms with Gasteiger partial charge in [0.1, 0.15) is 5.76 Å². The number of benzene rings is 1. The van der Waals surface area contributed by atoms with Gasteiger partial charge in [-0.05, 0) is 30.7 Å². The van der Waals surface area contributed by atoms with Crippen LogP contribution in [-0.2, 0) is 11.3 Å². The molecule has 1 aliphatic rings. The quantitative estimate of drug-likeness (QED) is 0.871. The molecule has 1 amide bonds. The summed E-state index contributed by atoms with van der Waals surface area (Å²) in [7, 11) is 0. The number of anilines is 1. The molecule has 0 bridgehead atoms. The summed E-state index contributed by atoms with van der Waals surface area (Å²) in [6, 6.07) is 7.93. The van der Waals surface area contributed by atoms with Gasteiger partial charge in [0.15, 0.2) is 0 Å². The van der Waals surface area contributed by atoms with Crippen molar-refractivity contribution in [2.24, 2.45) is 0 Å². The number of ketones is 1. The second kappa shape index (κ2) is 4.59. The predicted molar refractivity (Wildman–Crippen MR) is 72.4 cm³/mol. The third-order valence-electron chi connectivity index (χ3n) is 3.38. The SMILES string of the molecule is Cc1cccc2c1N(Cc1ccc(C(=O)O)o1)C(=O)C2=O. The molecule has 0 spiro atoms. The number of aryl methyl sites for hydroxylation is 1. The molecule has 6 nitrogen and oxygen atoms in total. The number of carbonyl (C=O) groups is 3. The van der Waals surface area contributed by atoms with Crippen molar-refractivity contribution < 1.29 is 23.9 Å². The van der Waals surface area contributed by atoms with Crippen LogP contribution in [0, 0.1) is 6.92 Å². The van der Waals surface area contributed by atoms with E-state index >= 15 is 0 Å². The third-order valence-corrected chi connectivity index (χ3v) is 3.38. The molecule has 6 heteroatoms. The maximum atomic E-state index is 12.1. The van der Waals surface area contributed by atoms with Crippen molar-refractivity contribution in [2.75, 3.05) is 4.90 Å². The highest BCUT2D eigenvalue weighted by Crippen LogP contribution is 2.33. The average molecular weight is 285 g/mol. The number of amides is 1. The van der Waals surface area contributed by atoms with Crippen LogP contribution >= 0.6 is 0 Å². The number of rotatable bonds is 3. The van der Waals surface area contributed by atoms with Crippen molar-refractivity contribution >= 4 is 23.3 Å². The number of para-hydroxylation sites is 1. The molecule has 0 aliphatic carbocycles. The molecule has 0 radical (unpaired) electrons. The van der Waals surface area contributed by atoms with Gasteiger partial charge in [0.2, 0.25) is 5.76 Å². The normalized spacial score (nSPS) is 13.7.